The number of hydrogen-bond acceptors (Lipinski definition) is 5. The van der Waals surface area contributed by atoms with Gasteiger partial charge in [0.15, 0.2) is 11.5 Å². The van der Waals surface area contributed by atoms with E-state index in [9.17, 15) is 9.59 Å². The fourth-order valence-electron chi connectivity index (χ4n) is 3.60. The summed E-state index contributed by atoms with van der Waals surface area (Å²) in [7, 11) is 0. The van der Waals surface area contributed by atoms with Crippen LogP contribution < -0.4 is 9.47 Å². The second-order valence-corrected chi connectivity index (χ2v) is 10.2. The van der Waals surface area contributed by atoms with Crippen LogP contribution in [0, 0.1) is 6.92 Å². The van der Waals surface area contributed by atoms with Gasteiger partial charge in [-0.2, -0.15) is 0 Å². The quantitative estimate of drug-likeness (QED) is 0.259. The van der Waals surface area contributed by atoms with E-state index in [-0.39, 0.29) is 16.7 Å². The second-order valence-electron chi connectivity index (χ2n) is 7.99. The smallest absolute Gasteiger partial charge is 0.293 e. The van der Waals surface area contributed by atoms with Crippen molar-refractivity contribution in [1.29, 1.82) is 0 Å². The van der Waals surface area contributed by atoms with Crippen molar-refractivity contribution in [3.63, 3.8) is 0 Å². The molecule has 1 aliphatic heterocycles. The fraction of sp³-hybridized carbons (Fsp3) is 0.185. The third kappa shape index (κ3) is 6.01. The third-order valence-corrected chi connectivity index (χ3v) is 7.39. The number of thioether (sulfide) groups is 1. The molecular weight excluding hydrogens is 541 g/mol. The number of carbonyl (C=O) groups is 2. The Morgan fingerprint density at radius 1 is 0.944 bits per heavy atom. The normalized spacial score (nSPS) is 14.6. The zero-order valence-electron chi connectivity index (χ0n) is 19.5. The van der Waals surface area contributed by atoms with E-state index in [4.69, 9.17) is 44.3 Å². The molecule has 1 saturated heterocycles. The Morgan fingerprint density at radius 2 is 1.72 bits per heavy atom. The molecule has 3 aromatic carbocycles. The summed E-state index contributed by atoms with van der Waals surface area (Å²) < 4.78 is 11.8. The number of aryl methyl sites for hydroxylation is 1. The molecule has 1 aliphatic rings. The third-order valence-electron chi connectivity index (χ3n) is 5.46. The summed E-state index contributed by atoms with van der Waals surface area (Å²) in [5.41, 5.74) is 3.46. The van der Waals surface area contributed by atoms with Crippen molar-refractivity contribution >= 4 is 63.8 Å². The van der Waals surface area contributed by atoms with Crippen LogP contribution in [0.25, 0.3) is 6.08 Å². The van der Waals surface area contributed by atoms with E-state index in [0.717, 1.165) is 22.9 Å². The maximum atomic E-state index is 13.0. The Labute approximate surface area is 228 Å². The van der Waals surface area contributed by atoms with Crippen molar-refractivity contribution in [3.05, 3.63) is 96.8 Å². The minimum Gasteiger partial charge on any atom is -0.490 e. The molecule has 0 N–H and O–H groups in total. The predicted octanol–water partition coefficient (Wildman–Crippen LogP) is 8.17. The summed E-state index contributed by atoms with van der Waals surface area (Å²) in [6.07, 6.45) is 1.62. The number of benzene rings is 3. The lowest BCUT2D eigenvalue weighted by Gasteiger charge is -2.15. The first-order valence-corrected chi connectivity index (χ1v) is 13.0. The Bertz CT molecular complexity index is 1360. The topological polar surface area (TPSA) is 55.8 Å². The maximum Gasteiger partial charge on any atom is 0.293 e. The fourth-order valence-corrected chi connectivity index (χ4v) is 5.04. The van der Waals surface area contributed by atoms with Crippen molar-refractivity contribution < 1.29 is 19.1 Å². The van der Waals surface area contributed by atoms with Gasteiger partial charge in [-0.25, -0.2) is 0 Å². The summed E-state index contributed by atoms with van der Waals surface area (Å²) in [4.78, 5) is 27.0. The minimum absolute atomic E-state index is 0.0928. The number of nitrogens with zero attached hydrogens (tertiary/aromatic N) is 1. The lowest BCUT2D eigenvalue weighted by molar-refractivity contribution is -0.123. The first kappa shape index (κ1) is 26.4. The highest BCUT2D eigenvalue weighted by Gasteiger charge is 2.35. The molecule has 9 heteroatoms. The van der Waals surface area contributed by atoms with Gasteiger partial charge in [0.1, 0.15) is 6.61 Å². The molecule has 0 saturated carbocycles. The number of carbonyl (C=O) groups excluding carboxylic acids is 2. The van der Waals surface area contributed by atoms with Crippen LogP contribution in [-0.4, -0.2) is 22.7 Å². The van der Waals surface area contributed by atoms with Crippen molar-refractivity contribution in [3.8, 4) is 11.5 Å². The standard InChI is InChI=1S/C27H22Cl3NO4S/c1-3-34-23-12-18(11-22(30)25(23)35-15-19-7-5-4-6-16(19)2)13-24-26(32)31(27(33)36-24)14-17-8-9-20(28)21(29)10-17/h4-13H,3,14-15H2,1-2H3/b24-13-. The molecular formula is C27H22Cl3NO4S. The Morgan fingerprint density at radius 3 is 2.44 bits per heavy atom. The number of hydrogen-bond donors (Lipinski definition) is 0. The molecule has 1 fully saturated rings. The van der Waals surface area contributed by atoms with Gasteiger partial charge in [-0.1, -0.05) is 65.1 Å². The molecule has 0 aliphatic carbocycles. The van der Waals surface area contributed by atoms with Gasteiger partial charge in [0.25, 0.3) is 11.1 Å². The van der Waals surface area contributed by atoms with Gasteiger partial charge in [0.05, 0.1) is 33.1 Å². The van der Waals surface area contributed by atoms with Crippen molar-refractivity contribution in [2.24, 2.45) is 0 Å². The zero-order valence-corrected chi connectivity index (χ0v) is 22.6. The van der Waals surface area contributed by atoms with Gasteiger partial charge in [0.2, 0.25) is 0 Å². The van der Waals surface area contributed by atoms with E-state index >= 15 is 0 Å². The van der Waals surface area contributed by atoms with E-state index < -0.39 is 5.91 Å². The largest absolute Gasteiger partial charge is 0.490 e. The maximum absolute atomic E-state index is 13.0. The van der Waals surface area contributed by atoms with Gasteiger partial charge in [-0.05, 0) is 78.2 Å². The number of halogens is 3. The summed E-state index contributed by atoms with van der Waals surface area (Å²) in [5, 5.41) is 0.740. The predicted molar refractivity (Wildman–Crippen MR) is 146 cm³/mol. The van der Waals surface area contributed by atoms with Crippen molar-refractivity contribution in [2.75, 3.05) is 6.61 Å². The van der Waals surface area contributed by atoms with Gasteiger partial charge >= 0.3 is 0 Å². The van der Waals surface area contributed by atoms with E-state index in [1.807, 2.05) is 38.1 Å². The average Bonchev–Trinajstić information content (AvgIpc) is 3.09. The average molecular weight is 563 g/mol. The van der Waals surface area contributed by atoms with E-state index in [1.54, 1.807) is 36.4 Å². The van der Waals surface area contributed by atoms with Crippen LogP contribution in [-0.2, 0) is 17.9 Å². The van der Waals surface area contributed by atoms with Crippen LogP contribution in [0.5, 0.6) is 11.5 Å². The highest BCUT2D eigenvalue weighted by atomic mass is 35.5. The van der Waals surface area contributed by atoms with E-state index in [1.165, 1.54) is 4.90 Å². The van der Waals surface area contributed by atoms with Crippen LogP contribution in [0.3, 0.4) is 0 Å². The van der Waals surface area contributed by atoms with Gasteiger partial charge < -0.3 is 9.47 Å². The Balaban J connectivity index is 1.56. The zero-order chi connectivity index (χ0) is 25.8. The van der Waals surface area contributed by atoms with Gasteiger partial charge in [0, 0.05) is 0 Å². The molecule has 0 unspecified atom stereocenters. The van der Waals surface area contributed by atoms with E-state index in [0.29, 0.717) is 50.9 Å². The first-order valence-electron chi connectivity index (χ1n) is 11.1. The van der Waals surface area contributed by atoms with Crippen LogP contribution >= 0.6 is 46.6 Å². The monoisotopic (exact) mass is 561 g/mol. The first-order chi connectivity index (χ1) is 17.3. The minimum atomic E-state index is -0.398. The molecule has 0 spiro atoms. The second kappa shape index (κ2) is 11.6. The Kier molecular flexibility index (Phi) is 8.52. The SMILES string of the molecule is CCOc1cc(/C=C2\SC(=O)N(Cc3ccc(Cl)c(Cl)c3)C2=O)cc(Cl)c1OCc1ccccc1C. The summed E-state index contributed by atoms with van der Waals surface area (Å²) in [6.45, 7) is 4.71. The molecule has 4 rings (SSSR count). The van der Waals surface area contributed by atoms with Crippen LogP contribution in [0.2, 0.25) is 15.1 Å². The molecule has 0 bridgehead atoms. The molecule has 5 nitrogen and oxygen atoms in total. The molecule has 0 atom stereocenters. The van der Waals surface area contributed by atoms with Crippen molar-refractivity contribution in [1.82, 2.24) is 4.90 Å². The van der Waals surface area contributed by atoms with Gasteiger partial charge in [-0.15, -0.1) is 0 Å². The number of ether oxygens (including phenoxy) is 2. The molecule has 36 heavy (non-hydrogen) atoms. The van der Waals surface area contributed by atoms with Crippen LogP contribution in [0.1, 0.15) is 29.2 Å². The van der Waals surface area contributed by atoms with E-state index in [2.05, 4.69) is 0 Å². The lowest BCUT2D eigenvalue weighted by atomic mass is 10.1. The molecule has 186 valence electrons. The molecule has 0 aromatic heterocycles. The van der Waals surface area contributed by atoms with Crippen LogP contribution in [0.4, 0.5) is 4.79 Å². The molecule has 1 heterocycles. The number of amides is 2. The van der Waals surface area contributed by atoms with Crippen molar-refractivity contribution in [2.45, 2.75) is 27.0 Å². The Hall–Kier alpha value is -2.64. The number of rotatable bonds is 8. The molecule has 0 radical (unpaired) electrons. The number of imide groups is 1. The molecule has 3 aromatic rings. The van der Waals surface area contributed by atoms with Crippen LogP contribution in [0.15, 0.2) is 59.5 Å². The highest BCUT2D eigenvalue weighted by Crippen LogP contribution is 2.40. The lowest BCUT2D eigenvalue weighted by Crippen LogP contribution is -2.27. The summed E-state index contributed by atoms with van der Waals surface area (Å²) in [5.74, 6) is 0.483. The summed E-state index contributed by atoms with van der Waals surface area (Å²) >= 11 is 19.5. The highest BCUT2D eigenvalue weighted by molar-refractivity contribution is 8.18. The summed E-state index contributed by atoms with van der Waals surface area (Å²) in [6, 6.07) is 16.4. The van der Waals surface area contributed by atoms with Gasteiger partial charge in [-0.3, -0.25) is 14.5 Å². The molecule has 2 amide bonds.